The Labute approximate surface area is 331 Å². The first-order valence-electron chi connectivity index (χ1n) is 20.3. The Bertz CT molecular complexity index is 3460. The molecule has 0 aliphatic heterocycles. The largest absolute Gasteiger partial charge is 0.456 e. The van der Waals surface area contributed by atoms with Crippen LogP contribution in [0, 0.1) is 0 Å². The lowest BCUT2D eigenvalue weighted by Gasteiger charge is -2.42. The van der Waals surface area contributed by atoms with Gasteiger partial charge in [0.15, 0.2) is 0 Å². The van der Waals surface area contributed by atoms with E-state index in [2.05, 4.69) is 188 Å². The maximum Gasteiger partial charge on any atom is 0.136 e. The third-order valence-corrected chi connectivity index (χ3v) is 13.3. The van der Waals surface area contributed by atoms with Gasteiger partial charge in [-0.2, -0.15) is 0 Å². The number of aromatic nitrogens is 2. The fourth-order valence-electron chi connectivity index (χ4n) is 10.3. The lowest BCUT2D eigenvalue weighted by atomic mass is 9.63. The maximum atomic E-state index is 6.33. The van der Waals surface area contributed by atoms with Crippen molar-refractivity contribution >= 4 is 76.3 Å². The van der Waals surface area contributed by atoms with Crippen molar-refractivity contribution in [2.24, 2.45) is 0 Å². The fourth-order valence-corrected chi connectivity index (χ4v) is 10.3. The molecular formula is C54H42N2O. The molecular weight excluding hydrogens is 693 g/mol. The first kappa shape index (κ1) is 32.6. The van der Waals surface area contributed by atoms with Crippen molar-refractivity contribution in [1.82, 2.24) is 9.13 Å². The van der Waals surface area contributed by atoms with Gasteiger partial charge >= 0.3 is 0 Å². The second-order valence-electron chi connectivity index (χ2n) is 17.6. The van der Waals surface area contributed by atoms with Gasteiger partial charge in [0.25, 0.3) is 0 Å². The zero-order valence-electron chi connectivity index (χ0n) is 32.7. The molecule has 0 N–H and O–H groups in total. The monoisotopic (exact) mass is 734 g/mol. The van der Waals surface area contributed by atoms with E-state index in [1.54, 1.807) is 0 Å². The number of para-hydroxylation sites is 2. The molecule has 12 rings (SSSR count). The quantitative estimate of drug-likeness (QED) is 0.177. The molecule has 3 heteroatoms. The van der Waals surface area contributed by atoms with E-state index < -0.39 is 0 Å². The van der Waals surface area contributed by atoms with Gasteiger partial charge < -0.3 is 13.6 Å². The van der Waals surface area contributed by atoms with E-state index in [1.807, 2.05) is 6.07 Å². The molecule has 11 aromatic rings. The van der Waals surface area contributed by atoms with Gasteiger partial charge in [-0.3, -0.25) is 0 Å². The fraction of sp³-hybridized carbons (Fsp3) is 0.148. The highest BCUT2D eigenvalue weighted by atomic mass is 16.3. The van der Waals surface area contributed by atoms with Crippen LogP contribution in [0.5, 0.6) is 0 Å². The summed E-state index contributed by atoms with van der Waals surface area (Å²) in [4.78, 5) is 0. The van der Waals surface area contributed by atoms with Crippen LogP contribution in [0.25, 0.3) is 98.8 Å². The molecule has 57 heavy (non-hydrogen) atoms. The minimum absolute atomic E-state index is 0.103. The molecule has 1 aliphatic carbocycles. The summed E-state index contributed by atoms with van der Waals surface area (Å²) in [5.41, 5.74) is 14.6. The number of benzene rings is 8. The smallest absolute Gasteiger partial charge is 0.136 e. The average Bonchev–Trinajstić information content (AvgIpc) is 3.89. The lowest BCUT2D eigenvalue weighted by molar-refractivity contribution is 0.332. The summed E-state index contributed by atoms with van der Waals surface area (Å²) >= 11 is 0. The molecule has 1 aliphatic rings. The topological polar surface area (TPSA) is 23.0 Å². The van der Waals surface area contributed by atoms with Gasteiger partial charge in [-0.1, -0.05) is 119 Å². The predicted octanol–water partition coefficient (Wildman–Crippen LogP) is 14.9. The molecule has 0 saturated carbocycles. The van der Waals surface area contributed by atoms with Crippen LogP contribution in [0.2, 0.25) is 0 Å². The highest BCUT2D eigenvalue weighted by Gasteiger charge is 2.38. The summed E-state index contributed by atoms with van der Waals surface area (Å²) in [6.07, 6.45) is 2.37. The van der Waals surface area contributed by atoms with Gasteiger partial charge in [0, 0.05) is 43.7 Å². The Kier molecular flexibility index (Phi) is 6.58. The van der Waals surface area contributed by atoms with E-state index in [-0.39, 0.29) is 10.8 Å². The Morgan fingerprint density at radius 1 is 0.421 bits per heavy atom. The second kappa shape index (κ2) is 11.5. The Morgan fingerprint density at radius 2 is 1.05 bits per heavy atom. The highest BCUT2D eigenvalue weighted by Crippen LogP contribution is 2.50. The van der Waals surface area contributed by atoms with Gasteiger partial charge in [-0.05, 0) is 123 Å². The number of hydrogen-bond donors (Lipinski definition) is 0. The zero-order chi connectivity index (χ0) is 38.2. The van der Waals surface area contributed by atoms with Crippen LogP contribution in [-0.4, -0.2) is 9.13 Å². The molecule has 0 fully saturated rings. The molecule has 0 saturated heterocycles. The van der Waals surface area contributed by atoms with Crippen molar-refractivity contribution in [3.05, 3.63) is 169 Å². The predicted molar refractivity (Wildman–Crippen MR) is 241 cm³/mol. The molecule has 0 radical (unpaired) electrons. The molecule has 0 unspecified atom stereocenters. The molecule has 3 heterocycles. The number of nitrogens with zero attached hydrogens (tertiary/aromatic N) is 2. The van der Waals surface area contributed by atoms with E-state index in [4.69, 9.17) is 4.42 Å². The summed E-state index contributed by atoms with van der Waals surface area (Å²) < 4.78 is 11.3. The van der Waals surface area contributed by atoms with E-state index in [0.717, 1.165) is 33.2 Å². The van der Waals surface area contributed by atoms with Crippen molar-refractivity contribution in [1.29, 1.82) is 0 Å². The number of fused-ring (bicyclic) bond motifs is 12. The number of furan rings is 1. The Hall–Kier alpha value is -6.58. The Balaban J connectivity index is 1.21. The maximum absolute atomic E-state index is 6.33. The van der Waals surface area contributed by atoms with Gasteiger partial charge in [0.2, 0.25) is 0 Å². The van der Waals surface area contributed by atoms with Crippen molar-refractivity contribution in [3.8, 4) is 22.5 Å². The number of hydrogen-bond acceptors (Lipinski definition) is 1. The first-order valence-corrected chi connectivity index (χ1v) is 20.3. The van der Waals surface area contributed by atoms with Crippen LogP contribution in [0.3, 0.4) is 0 Å². The molecule has 0 amide bonds. The van der Waals surface area contributed by atoms with Crippen LogP contribution in [0.1, 0.15) is 51.7 Å². The van der Waals surface area contributed by atoms with Crippen LogP contribution in [0.4, 0.5) is 0 Å². The van der Waals surface area contributed by atoms with Crippen molar-refractivity contribution in [2.45, 2.75) is 51.4 Å². The summed E-state index contributed by atoms with van der Waals surface area (Å²) in [6, 6.07) is 58.3. The zero-order valence-corrected chi connectivity index (χ0v) is 32.7. The Morgan fingerprint density at radius 3 is 1.89 bits per heavy atom. The van der Waals surface area contributed by atoms with E-state index in [9.17, 15) is 0 Å². The van der Waals surface area contributed by atoms with Gasteiger partial charge in [-0.15, -0.1) is 0 Å². The van der Waals surface area contributed by atoms with E-state index >= 15 is 0 Å². The van der Waals surface area contributed by atoms with Crippen molar-refractivity contribution < 1.29 is 4.42 Å². The molecule has 3 nitrogen and oxygen atoms in total. The third-order valence-electron chi connectivity index (χ3n) is 13.3. The molecule has 0 bridgehead atoms. The van der Waals surface area contributed by atoms with Crippen LogP contribution in [-0.2, 0) is 10.8 Å². The SMILES string of the molecule is CC1(C)CCC(C)(C)c2cc3c(cc21)c1cc2c4c5ccccc5ccc4n(-c4cccc(-c5cccc6oc7ccccc7c56)c4)c2cc1n3-c1ccccc1. The summed E-state index contributed by atoms with van der Waals surface area (Å²) in [7, 11) is 0. The second-order valence-corrected chi connectivity index (χ2v) is 17.6. The highest BCUT2D eigenvalue weighted by molar-refractivity contribution is 6.25. The van der Waals surface area contributed by atoms with Crippen LogP contribution in [0.15, 0.2) is 162 Å². The van der Waals surface area contributed by atoms with Gasteiger partial charge in [0.1, 0.15) is 11.2 Å². The molecule has 0 spiro atoms. The minimum Gasteiger partial charge on any atom is -0.456 e. The average molecular weight is 735 g/mol. The summed E-state index contributed by atoms with van der Waals surface area (Å²) in [5.74, 6) is 0. The summed E-state index contributed by atoms with van der Waals surface area (Å²) in [5, 5.41) is 10.00. The molecule has 274 valence electrons. The lowest BCUT2D eigenvalue weighted by Crippen LogP contribution is -2.33. The molecule has 3 aromatic heterocycles. The third kappa shape index (κ3) is 4.60. The van der Waals surface area contributed by atoms with Crippen molar-refractivity contribution in [3.63, 3.8) is 0 Å². The van der Waals surface area contributed by atoms with Crippen LogP contribution >= 0.6 is 0 Å². The van der Waals surface area contributed by atoms with Crippen LogP contribution < -0.4 is 0 Å². The van der Waals surface area contributed by atoms with Gasteiger partial charge in [-0.25, -0.2) is 0 Å². The first-order chi connectivity index (χ1) is 27.7. The normalized spacial score (nSPS) is 15.2. The van der Waals surface area contributed by atoms with E-state index in [0.29, 0.717) is 0 Å². The summed E-state index contributed by atoms with van der Waals surface area (Å²) in [6.45, 7) is 9.73. The van der Waals surface area contributed by atoms with Gasteiger partial charge in [0.05, 0.1) is 22.1 Å². The standard InChI is InChI=1S/C54H42N2O/c1-53(2)26-27-54(3,4)44-31-46-41(30-43(44)53)40-29-42-48(32-47(40)55(46)35-16-6-5-7-17-35)56(45-25-24-33-14-8-9-19-37(33)51(42)45)36-18-12-15-34(28-36)38-21-13-23-50-52(38)39-20-10-11-22-49(39)57-50/h5-25,28-32H,26-27H2,1-4H3. The molecule has 0 atom stereocenters. The van der Waals surface area contributed by atoms with E-state index in [1.165, 1.54) is 89.6 Å². The van der Waals surface area contributed by atoms with Crippen molar-refractivity contribution in [2.75, 3.05) is 0 Å². The number of rotatable bonds is 3. The molecule has 8 aromatic carbocycles. The minimum atomic E-state index is 0.103.